The molecule has 0 bridgehead atoms. The van der Waals surface area contributed by atoms with E-state index in [0.717, 1.165) is 82.2 Å². The average molecular weight is 1020 g/mol. The number of ether oxygens (including phenoxy) is 3. The number of benzene rings is 3. The first-order chi connectivity index (χ1) is 35.7. The molecule has 3 aliphatic rings. The van der Waals surface area contributed by atoms with Gasteiger partial charge in [0.15, 0.2) is 0 Å². The van der Waals surface area contributed by atoms with E-state index in [0.29, 0.717) is 56.7 Å². The minimum Gasteiger partial charge on any atom is -0.396 e. The summed E-state index contributed by atoms with van der Waals surface area (Å²) >= 11 is 0. The molecule has 11 heteroatoms. The SMILES string of the molecule is C=CCCc1cc(C(C)C)c2[nH]c3c(c2c1)CCOC3(CC)CCO.CCC1(CCO)OCCc2c1[nH]c1c(C(C)C)cc(CCCO)cc21.CCC1(CCO)OCCc2c1[nH]c1c(C(C)C)cc(CCO)cc21. The number of aliphatic hydroxyl groups is 5. The van der Waals surface area contributed by atoms with Gasteiger partial charge in [0, 0.05) is 85.0 Å². The van der Waals surface area contributed by atoms with Crippen molar-refractivity contribution in [1.82, 2.24) is 15.0 Å². The van der Waals surface area contributed by atoms with Gasteiger partial charge in [-0.25, -0.2) is 0 Å². The lowest BCUT2D eigenvalue weighted by molar-refractivity contribution is -0.0797. The second-order valence-electron chi connectivity index (χ2n) is 22.1. The molecule has 3 unspecified atom stereocenters. The van der Waals surface area contributed by atoms with Crippen LogP contribution in [0.3, 0.4) is 0 Å². The average Bonchev–Trinajstić information content (AvgIpc) is 4.11. The first-order valence-electron chi connectivity index (χ1n) is 28.3. The summed E-state index contributed by atoms with van der Waals surface area (Å²) in [5.41, 5.74) is 17.9. The van der Waals surface area contributed by atoms with Gasteiger partial charge in [-0.15, -0.1) is 6.58 Å². The van der Waals surface area contributed by atoms with Crippen molar-refractivity contribution in [2.75, 3.05) is 52.9 Å². The van der Waals surface area contributed by atoms with Gasteiger partial charge in [0.25, 0.3) is 0 Å². The first kappa shape index (κ1) is 57.4. The second kappa shape index (κ2) is 25.2. The van der Waals surface area contributed by atoms with Crippen LogP contribution in [-0.2, 0) is 69.5 Å². The molecule has 0 radical (unpaired) electrons. The van der Waals surface area contributed by atoms with Crippen LogP contribution in [0.4, 0.5) is 0 Å². The van der Waals surface area contributed by atoms with Crippen molar-refractivity contribution in [3.05, 3.63) is 116 Å². The van der Waals surface area contributed by atoms with Gasteiger partial charge in [-0.2, -0.15) is 0 Å². The van der Waals surface area contributed by atoms with Crippen molar-refractivity contribution >= 4 is 32.7 Å². The lowest BCUT2D eigenvalue weighted by Gasteiger charge is -2.36. The number of allylic oxidation sites excluding steroid dienone is 1. The fourth-order valence-electron chi connectivity index (χ4n) is 12.5. The molecule has 8 N–H and O–H groups in total. The molecule has 0 spiro atoms. The highest BCUT2D eigenvalue weighted by molar-refractivity contribution is 5.91. The van der Waals surface area contributed by atoms with Crippen LogP contribution >= 0.6 is 0 Å². The largest absolute Gasteiger partial charge is 0.396 e. The van der Waals surface area contributed by atoms with Crippen LogP contribution in [0, 0.1) is 0 Å². The monoisotopic (exact) mass is 1020 g/mol. The van der Waals surface area contributed by atoms with Gasteiger partial charge in [-0.3, -0.25) is 0 Å². The molecule has 74 heavy (non-hydrogen) atoms. The smallest absolute Gasteiger partial charge is 0.110 e. The number of hydrogen-bond donors (Lipinski definition) is 8. The Kier molecular flexibility index (Phi) is 19.6. The molecular formula is C63H91N3O8. The van der Waals surface area contributed by atoms with Gasteiger partial charge in [0.1, 0.15) is 16.8 Å². The molecule has 3 aromatic carbocycles. The Morgan fingerprint density at radius 3 is 1.11 bits per heavy atom. The molecule has 0 saturated carbocycles. The van der Waals surface area contributed by atoms with Gasteiger partial charge in [0.05, 0.1) is 36.9 Å². The summed E-state index contributed by atoms with van der Waals surface area (Å²) in [5.74, 6) is 1.29. The van der Waals surface area contributed by atoms with Crippen LogP contribution in [0.5, 0.6) is 0 Å². The van der Waals surface area contributed by atoms with Crippen molar-refractivity contribution in [2.24, 2.45) is 0 Å². The Balaban J connectivity index is 0.000000162. The number of H-pyrrole nitrogens is 3. The van der Waals surface area contributed by atoms with Crippen LogP contribution in [-0.4, -0.2) is 93.3 Å². The van der Waals surface area contributed by atoms with E-state index in [2.05, 4.69) is 120 Å². The molecule has 0 fully saturated rings. The summed E-state index contributed by atoms with van der Waals surface area (Å²) < 4.78 is 18.5. The van der Waals surface area contributed by atoms with E-state index in [-0.39, 0.29) is 38.6 Å². The predicted octanol–water partition coefficient (Wildman–Crippen LogP) is 12.1. The van der Waals surface area contributed by atoms with Crippen molar-refractivity contribution in [1.29, 1.82) is 0 Å². The number of aromatic amines is 3. The number of hydrogen-bond acceptors (Lipinski definition) is 8. The molecule has 0 aliphatic carbocycles. The molecule has 3 aliphatic heterocycles. The van der Waals surface area contributed by atoms with E-state index in [9.17, 15) is 25.5 Å². The molecule has 11 nitrogen and oxygen atoms in total. The first-order valence-corrected chi connectivity index (χ1v) is 28.3. The number of aromatic nitrogens is 3. The number of nitrogens with one attached hydrogen (secondary N) is 3. The third kappa shape index (κ3) is 11.4. The quantitative estimate of drug-likeness (QED) is 0.0349. The highest BCUT2D eigenvalue weighted by Gasteiger charge is 2.41. The highest BCUT2D eigenvalue weighted by Crippen LogP contribution is 2.46. The van der Waals surface area contributed by atoms with Gasteiger partial charge in [0.2, 0.25) is 0 Å². The fourth-order valence-corrected chi connectivity index (χ4v) is 12.5. The van der Waals surface area contributed by atoms with Gasteiger partial charge in [-0.05, 0) is 157 Å². The van der Waals surface area contributed by atoms with E-state index in [1.807, 2.05) is 6.08 Å². The van der Waals surface area contributed by atoms with E-state index >= 15 is 0 Å². The minimum absolute atomic E-state index is 0.120. The van der Waals surface area contributed by atoms with Gasteiger partial charge >= 0.3 is 0 Å². The van der Waals surface area contributed by atoms with Crippen LogP contribution < -0.4 is 0 Å². The van der Waals surface area contributed by atoms with E-state index < -0.39 is 11.2 Å². The zero-order chi connectivity index (χ0) is 53.4. The molecule has 9 rings (SSSR count). The van der Waals surface area contributed by atoms with Crippen LogP contribution in [0.1, 0.15) is 199 Å². The van der Waals surface area contributed by atoms with Crippen molar-refractivity contribution in [2.45, 2.75) is 187 Å². The lowest BCUT2D eigenvalue weighted by Crippen LogP contribution is -2.36. The summed E-state index contributed by atoms with van der Waals surface area (Å²) in [6.45, 7) is 26.5. The number of fused-ring (bicyclic) bond motifs is 9. The molecule has 3 atom stereocenters. The predicted molar refractivity (Wildman–Crippen MR) is 302 cm³/mol. The lowest BCUT2D eigenvalue weighted by atomic mass is 9.86. The Labute approximate surface area is 441 Å². The van der Waals surface area contributed by atoms with Crippen LogP contribution in [0.25, 0.3) is 32.7 Å². The van der Waals surface area contributed by atoms with E-state index in [4.69, 9.17) is 14.2 Å². The summed E-state index contributed by atoms with van der Waals surface area (Å²) in [6, 6.07) is 13.7. The maximum atomic E-state index is 9.60. The van der Waals surface area contributed by atoms with E-state index in [1.165, 1.54) is 88.5 Å². The molecule has 406 valence electrons. The minimum atomic E-state index is -0.410. The number of aliphatic hydroxyl groups excluding tert-OH is 5. The maximum absolute atomic E-state index is 9.60. The van der Waals surface area contributed by atoms with Crippen molar-refractivity contribution < 1.29 is 39.7 Å². The topological polar surface area (TPSA) is 176 Å². The van der Waals surface area contributed by atoms with Crippen LogP contribution in [0.2, 0.25) is 0 Å². The van der Waals surface area contributed by atoms with Gasteiger partial charge in [-0.1, -0.05) is 86.6 Å². The summed E-state index contributed by atoms with van der Waals surface area (Å²) in [7, 11) is 0. The fraction of sp³-hybridized carbons (Fsp3) is 0.587. The Bertz CT molecular complexity index is 2810. The zero-order valence-corrected chi connectivity index (χ0v) is 46.5. The Hall–Kier alpha value is -4.30. The molecule has 3 aromatic heterocycles. The second-order valence-corrected chi connectivity index (χ2v) is 22.1. The van der Waals surface area contributed by atoms with Crippen molar-refractivity contribution in [3.63, 3.8) is 0 Å². The molecular weight excluding hydrogens is 927 g/mol. The van der Waals surface area contributed by atoms with Crippen LogP contribution in [0.15, 0.2) is 49.1 Å². The Morgan fingerprint density at radius 2 is 0.824 bits per heavy atom. The number of aryl methyl sites for hydroxylation is 2. The van der Waals surface area contributed by atoms with Crippen molar-refractivity contribution in [3.8, 4) is 0 Å². The zero-order valence-electron chi connectivity index (χ0n) is 46.5. The molecule has 0 amide bonds. The summed E-state index contributed by atoms with van der Waals surface area (Å²) in [6.07, 6.45) is 13.6. The van der Waals surface area contributed by atoms with E-state index in [1.54, 1.807) is 0 Å². The summed E-state index contributed by atoms with van der Waals surface area (Å²) in [5, 5.41) is 51.2. The normalized spacial score (nSPS) is 20.4. The maximum Gasteiger partial charge on any atom is 0.110 e. The third-order valence-electron chi connectivity index (χ3n) is 16.7. The molecule has 0 saturated heterocycles. The number of rotatable bonds is 20. The molecule has 6 aromatic rings. The van der Waals surface area contributed by atoms with Gasteiger partial charge < -0.3 is 54.7 Å². The summed E-state index contributed by atoms with van der Waals surface area (Å²) in [4.78, 5) is 11.1. The highest BCUT2D eigenvalue weighted by atomic mass is 16.5. The third-order valence-corrected chi connectivity index (χ3v) is 16.7. The standard InChI is InChI=1S/C22H31NO2.C21H31NO3.C20H29NO3/c1-5-7-8-16-13-18(15(3)4)20-19(14-16)17-9-12-25-22(6-2,10-11-24)21(17)23-20;1-4-21(8-10-24)20-16(7-11-25-21)18-13-15(6-5-9-23)12-17(14(2)3)19(18)22-20;1-4-20(7-9-23)19-15(6-10-24-20)17-12-14(5-8-22)11-16(13(2)3)18(17)21-19/h5,13-15,23-24H,1,6-12H2,2-4H3;12-14,22-24H,4-11H2,1-3H3;11-13,21-23H,4-10H2,1-3H3. The molecule has 6 heterocycles. The Morgan fingerprint density at radius 1 is 0.486 bits per heavy atom.